The lowest BCUT2D eigenvalue weighted by atomic mass is 10.0. The Morgan fingerprint density at radius 1 is 1.14 bits per heavy atom. The number of aryl methyl sites for hydroxylation is 1. The van der Waals surface area contributed by atoms with Crippen LogP contribution in [-0.2, 0) is 9.53 Å². The molecule has 0 saturated carbocycles. The summed E-state index contributed by atoms with van der Waals surface area (Å²) in [5, 5.41) is 6.99. The normalized spacial score (nSPS) is 11.7. The van der Waals surface area contributed by atoms with Gasteiger partial charge < -0.3 is 10.1 Å². The standard InChI is InChI=1S/C20H19FN4O3/c1-13-22-19(24-25(13)16-10-8-15(21)9-11-16)20(27)23-17(12-18(26)28-2)14-6-4-3-5-7-14/h3-11,17H,12H2,1-2H3,(H,23,27)/t17-/m0/s1. The van der Waals surface area contributed by atoms with Crippen LogP contribution in [0.2, 0.25) is 0 Å². The van der Waals surface area contributed by atoms with Crippen molar-refractivity contribution in [1.82, 2.24) is 20.1 Å². The SMILES string of the molecule is COC(=O)C[C@H](NC(=O)c1nc(C)n(-c2ccc(F)cc2)n1)c1ccccc1. The van der Waals surface area contributed by atoms with Crippen LogP contribution in [-0.4, -0.2) is 33.8 Å². The van der Waals surface area contributed by atoms with E-state index in [1.54, 1.807) is 19.1 Å². The zero-order valence-electron chi connectivity index (χ0n) is 15.4. The molecule has 28 heavy (non-hydrogen) atoms. The highest BCUT2D eigenvalue weighted by atomic mass is 19.1. The molecule has 1 amide bonds. The van der Waals surface area contributed by atoms with E-state index in [4.69, 9.17) is 4.74 Å². The summed E-state index contributed by atoms with van der Waals surface area (Å²) in [5.41, 5.74) is 1.34. The predicted octanol–water partition coefficient (Wildman–Crippen LogP) is 2.75. The summed E-state index contributed by atoms with van der Waals surface area (Å²) in [6.45, 7) is 1.69. The number of aromatic nitrogens is 3. The molecule has 0 aliphatic heterocycles. The van der Waals surface area contributed by atoms with E-state index >= 15 is 0 Å². The van der Waals surface area contributed by atoms with Crippen LogP contribution in [0.25, 0.3) is 5.69 Å². The first kappa shape index (κ1) is 19.2. The lowest BCUT2D eigenvalue weighted by molar-refractivity contribution is -0.141. The minimum Gasteiger partial charge on any atom is -0.469 e. The molecule has 0 fully saturated rings. The number of benzene rings is 2. The Hall–Kier alpha value is -3.55. The summed E-state index contributed by atoms with van der Waals surface area (Å²) in [6, 6.07) is 14.2. The van der Waals surface area contributed by atoms with Gasteiger partial charge in [-0.1, -0.05) is 30.3 Å². The van der Waals surface area contributed by atoms with Crippen molar-refractivity contribution >= 4 is 11.9 Å². The Kier molecular flexibility index (Phi) is 5.78. The summed E-state index contributed by atoms with van der Waals surface area (Å²) >= 11 is 0. The monoisotopic (exact) mass is 382 g/mol. The number of rotatable bonds is 6. The smallest absolute Gasteiger partial charge is 0.307 e. The average Bonchev–Trinajstić information content (AvgIpc) is 3.10. The molecular weight excluding hydrogens is 363 g/mol. The molecule has 1 atom stereocenters. The number of nitrogens with one attached hydrogen (secondary N) is 1. The van der Waals surface area contributed by atoms with E-state index in [0.29, 0.717) is 11.5 Å². The van der Waals surface area contributed by atoms with Crippen molar-refractivity contribution in [1.29, 1.82) is 0 Å². The van der Waals surface area contributed by atoms with E-state index in [9.17, 15) is 14.0 Å². The van der Waals surface area contributed by atoms with Gasteiger partial charge in [-0.3, -0.25) is 9.59 Å². The van der Waals surface area contributed by atoms with E-state index in [1.807, 2.05) is 30.3 Å². The first-order chi connectivity index (χ1) is 13.5. The van der Waals surface area contributed by atoms with Crippen LogP contribution in [0.1, 0.15) is 34.5 Å². The third-order valence-electron chi connectivity index (χ3n) is 4.15. The number of halogens is 1. The molecule has 0 bridgehead atoms. The van der Waals surface area contributed by atoms with Crippen molar-refractivity contribution < 1.29 is 18.7 Å². The molecule has 0 unspecified atom stereocenters. The average molecular weight is 382 g/mol. The number of methoxy groups -OCH3 is 1. The number of hydrogen-bond acceptors (Lipinski definition) is 5. The number of nitrogens with zero attached hydrogens (tertiary/aromatic N) is 3. The Balaban J connectivity index is 1.83. The second kappa shape index (κ2) is 8.43. The maximum atomic E-state index is 13.1. The van der Waals surface area contributed by atoms with Crippen LogP contribution >= 0.6 is 0 Å². The maximum absolute atomic E-state index is 13.1. The first-order valence-corrected chi connectivity index (χ1v) is 8.60. The molecule has 0 aliphatic rings. The molecule has 0 saturated heterocycles. The van der Waals surface area contributed by atoms with Gasteiger partial charge in [0.15, 0.2) is 0 Å². The fourth-order valence-electron chi connectivity index (χ4n) is 2.72. The van der Waals surface area contributed by atoms with E-state index in [2.05, 4.69) is 15.4 Å². The minimum absolute atomic E-state index is 0.0239. The van der Waals surface area contributed by atoms with Crippen LogP contribution in [0, 0.1) is 12.7 Å². The van der Waals surface area contributed by atoms with Gasteiger partial charge in [0.2, 0.25) is 5.82 Å². The van der Waals surface area contributed by atoms with Gasteiger partial charge in [-0.05, 0) is 36.8 Å². The molecule has 144 valence electrons. The highest BCUT2D eigenvalue weighted by Gasteiger charge is 2.22. The molecule has 3 rings (SSSR count). The van der Waals surface area contributed by atoms with Crippen molar-refractivity contribution in [3.05, 3.63) is 77.6 Å². The van der Waals surface area contributed by atoms with Crippen molar-refractivity contribution in [2.24, 2.45) is 0 Å². The zero-order chi connectivity index (χ0) is 20.1. The lowest BCUT2D eigenvalue weighted by Gasteiger charge is -2.17. The highest BCUT2D eigenvalue weighted by Crippen LogP contribution is 2.18. The van der Waals surface area contributed by atoms with Gasteiger partial charge in [0.25, 0.3) is 5.91 Å². The van der Waals surface area contributed by atoms with Gasteiger partial charge in [-0.25, -0.2) is 14.1 Å². The van der Waals surface area contributed by atoms with E-state index < -0.39 is 17.9 Å². The molecule has 3 aromatic rings. The van der Waals surface area contributed by atoms with Crippen LogP contribution in [0.15, 0.2) is 54.6 Å². The molecule has 0 radical (unpaired) electrons. The van der Waals surface area contributed by atoms with Crippen LogP contribution in [0.4, 0.5) is 4.39 Å². The molecule has 2 aromatic carbocycles. The second-order valence-electron chi connectivity index (χ2n) is 6.09. The summed E-state index contributed by atoms with van der Waals surface area (Å²) < 4.78 is 19.3. The third kappa shape index (κ3) is 4.40. The van der Waals surface area contributed by atoms with Crippen LogP contribution < -0.4 is 5.32 Å². The molecule has 8 heteroatoms. The van der Waals surface area contributed by atoms with E-state index in [0.717, 1.165) is 5.56 Å². The van der Waals surface area contributed by atoms with Crippen LogP contribution in [0.3, 0.4) is 0 Å². The molecule has 7 nitrogen and oxygen atoms in total. The molecule has 1 aromatic heterocycles. The van der Waals surface area contributed by atoms with E-state index in [-0.39, 0.29) is 18.1 Å². The predicted molar refractivity (Wildman–Crippen MR) is 99.3 cm³/mol. The Morgan fingerprint density at radius 2 is 1.82 bits per heavy atom. The van der Waals surface area contributed by atoms with Crippen molar-refractivity contribution in [3.8, 4) is 5.69 Å². The van der Waals surface area contributed by atoms with Gasteiger partial charge in [0.05, 0.1) is 25.3 Å². The minimum atomic E-state index is -0.584. The summed E-state index contributed by atoms with van der Waals surface area (Å²) in [7, 11) is 1.29. The van der Waals surface area contributed by atoms with Gasteiger partial charge in [-0.15, -0.1) is 5.10 Å². The van der Waals surface area contributed by atoms with Gasteiger partial charge in [0.1, 0.15) is 11.6 Å². The van der Waals surface area contributed by atoms with Crippen molar-refractivity contribution in [3.63, 3.8) is 0 Å². The molecule has 0 aliphatic carbocycles. The first-order valence-electron chi connectivity index (χ1n) is 8.60. The summed E-state index contributed by atoms with van der Waals surface area (Å²) in [6.07, 6.45) is -0.0239. The molecule has 1 heterocycles. The largest absolute Gasteiger partial charge is 0.469 e. The van der Waals surface area contributed by atoms with Gasteiger partial charge >= 0.3 is 5.97 Å². The second-order valence-corrected chi connectivity index (χ2v) is 6.09. The zero-order valence-corrected chi connectivity index (χ0v) is 15.4. The summed E-state index contributed by atoms with van der Waals surface area (Å²) in [5.74, 6) is -0.918. The molecule has 1 N–H and O–H groups in total. The van der Waals surface area contributed by atoms with Gasteiger partial charge in [-0.2, -0.15) is 0 Å². The van der Waals surface area contributed by atoms with Crippen molar-refractivity contribution in [2.75, 3.05) is 7.11 Å². The van der Waals surface area contributed by atoms with E-state index in [1.165, 1.54) is 23.9 Å². The Labute approximate surface area is 161 Å². The number of ether oxygens (including phenoxy) is 1. The number of hydrogen-bond donors (Lipinski definition) is 1. The fourth-order valence-corrected chi connectivity index (χ4v) is 2.72. The van der Waals surface area contributed by atoms with Crippen LogP contribution in [0.5, 0.6) is 0 Å². The third-order valence-corrected chi connectivity index (χ3v) is 4.15. The van der Waals surface area contributed by atoms with Crippen molar-refractivity contribution in [2.45, 2.75) is 19.4 Å². The summed E-state index contributed by atoms with van der Waals surface area (Å²) in [4.78, 5) is 28.6. The lowest BCUT2D eigenvalue weighted by Crippen LogP contribution is -2.31. The highest BCUT2D eigenvalue weighted by molar-refractivity contribution is 5.91. The fraction of sp³-hybridized carbons (Fsp3) is 0.200. The Bertz CT molecular complexity index is 971. The number of esters is 1. The molecular formula is C20H19FN4O3. The maximum Gasteiger partial charge on any atom is 0.307 e. The number of amides is 1. The quantitative estimate of drug-likeness (QED) is 0.663. The number of carbonyl (C=O) groups is 2. The Morgan fingerprint density at radius 3 is 2.46 bits per heavy atom. The van der Waals surface area contributed by atoms with Gasteiger partial charge in [0, 0.05) is 0 Å². The number of carbonyl (C=O) groups excluding carboxylic acids is 2. The molecule has 0 spiro atoms. The topological polar surface area (TPSA) is 86.1 Å².